The number of carbonyl (C=O) groups excluding carboxylic acids is 1. The van der Waals surface area contributed by atoms with Crippen molar-refractivity contribution in [2.75, 3.05) is 19.8 Å². The minimum Gasteiger partial charge on any atom is -0.381 e. The van der Waals surface area contributed by atoms with Crippen LogP contribution >= 0.6 is 0 Å². The molecule has 15 heavy (non-hydrogen) atoms. The average Bonchev–Trinajstić information content (AvgIpc) is 2.17. The van der Waals surface area contributed by atoms with E-state index in [9.17, 15) is 4.79 Å². The molecule has 4 heteroatoms. The van der Waals surface area contributed by atoms with Gasteiger partial charge in [-0.2, -0.15) is 0 Å². The lowest BCUT2D eigenvalue weighted by molar-refractivity contribution is -0.124. The first-order chi connectivity index (χ1) is 7.06. The number of carbonyl (C=O) groups is 1. The van der Waals surface area contributed by atoms with E-state index in [-0.39, 0.29) is 17.4 Å². The van der Waals surface area contributed by atoms with E-state index in [1.54, 1.807) is 0 Å². The van der Waals surface area contributed by atoms with Gasteiger partial charge in [0.1, 0.15) is 0 Å². The maximum absolute atomic E-state index is 11.7. The summed E-state index contributed by atoms with van der Waals surface area (Å²) in [5.74, 6) is 0.366. The Morgan fingerprint density at radius 1 is 1.53 bits per heavy atom. The molecule has 0 aliphatic carbocycles. The lowest BCUT2D eigenvalue weighted by Gasteiger charge is -2.34. The Bertz CT molecular complexity index is 213. The van der Waals surface area contributed by atoms with E-state index in [1.165, 1.54) is 0 Å². The predicted octanol–water partition coefficient (Wildman–Crippen LogP) is 0.657. The van der Waals surface area contributed by atoms with Gasteiger partial charge in [0, 0.05) is 25.2 Å². The summed E-state index contributed by atoms with van der Waals surface area (Å²) < 4.78 is 5.28. The molecule has 1 fully saturated rings. The van der Waals surface area contributed by atoms with Crippen LogP contribution in [0.3, 0.4) is 0 Å². The minimum absolute atomic E-state index is 0.0797. The second-order valence-corrected chi connectivity index (χ2v) is 4.77. The summed E-state index contributed by atoms with van der Waals surface area (Å²) in [6, 6.07) is 0. The third-order valence-corrected chi connectivity index (χ3v) is 2.97. The van der Waals surface area contributed by atoms with E-state index in [0.29, 0.717) is 13.0 Å². The molecule has 3 N–H and O–H groups in total. The summed E-state index contributed by atoms with van der Waals surface area (Å²) in [6.07, 6.45) is 2.32. The van der Waals surface area contributed by atoms with E-state index < -0.39 is 0 Å². The molecule has 1 heterocycles. The third kappa shape index (κ3) is 4.18. The van der Waals surface area contributed by atoms with Gasteiger partial charge in [-0.15, -0.1) is 0 Å². The van der Waals surface area contributed by atoms with Crippen LogP contribution in [0.4, 0.5) is 0 Å². The molecule has 1 aliphatic heterocycles. The zero-order valence-electron chi connectivity index (χ0n) is 9.71. The van der Waals surface area contributed by atoms with E-state index in [2.05, 4.69) is 12.2 Å². The van der Waals surface area contributed by atoms with Gasteiger partial charge in [-0.3, -0.25) is 4.79 Å². The molecule has 0 saturated carbocycles. The molecule has 4 nitrogen and oxygen atoms in total. The van der Waals surface area contributed by atoms with Gasteiger partial charge in [0.15, 0.2) is 0 Å². The summed E-state index contributed by atoms with van der Waals surface area (Å²) >= 11 is 0. The summed E-state index contributed by atoms with van der Waals surface area (Å²) in [7, 11) is 0. The molecule has 0 aromatic rings. The Morgan fingerprint density at radius 3 is 2.67 bits per heavy atom. The lowest BCUT2D eigenvalue weighted by Crippen LogP contribution is -2.50. The summed E-state index contributed by atoms with van der Waals surface area (Å²) in [5, 5.41) is 3.09. The maximum Gasteiger partial charge on any atom is 0.220 e. The van der Waals surface area contributed by atoms with E-state index in [4.69, 9.17) is 10.5 Å². The second kappa shape index (κ2) is 5.47. The van der Waals surface area contributed by atoms with Crippen molar-refractivity contribution in [3.05, 3.63) is 0 Å². The summed E-state index contributed by atoms with van der Waals surface area (Å²) in [5.41, 5.74) is 5.41. The quantitative estimate of drug-likeness (QED) is 0.722. The molecule has 0 aromatic heterocycles. The Labute approximate surface area is 91.5 Å². The fourth-order valence-electron chi connectivity index (χ4n) is 1.73. The maximum atomic E-state index is 11.7. The van der Waals surface area contributed by atoms with Crippen LogP contribution < -0.4 is 11.1 Å². The lowest BCUT2D eigenvalue weighted by atomic mass is 9.92. The normalized spacial score (nSPS) is 22.1. The second-order valence-electron chi connectivity index (χ2n) is 4.77. The number of ether oxygens (including phenoxy) is 1. The summed E-state index contributed by atoms with van der Waals surface area (Å²) in [6.45, 7) is 6.12. The Morgan fingerprint density at radius 2 is 2.13 bits per heavy atom. The molecular formula is C11H22N2O2. The first-order valence-electron chi connectivity index (χ1n) is 5.64. The molecule has 0 radical (unpaired) electrons. The van der Waals surface area contributed by atoms with Crippen molar-refractivity contribution in [2.45, 2.75) is 38.6 Å². The SMILES string of the molecule is CC(CN)CC(=O)NC1(C)CCOCC1. The Kier molecular flexibility index (Phi) is 4.54. The van der Waals surface area contributed by atoms with Gasteiger partial charge < -0.3 is 15.8 Å². The van der Waals surface area contributed by atoms with Crippen molar-refractivity contribution in [3.8, 4) is 0 Å². The van der Waals surface area contributed by atoms with Crippen LogP contribution in [0.2, 0.25) is 0 Å². The van der Waals surface area contributed by atoms with Crippen molar-refractivity contribution in [3.63, 3.8) is 0 Å². The molecule has 1 amide bonds. The van der Waals surface area contributed by atoms with Crippen molar-refractivity contribution in [2.24, 2.45) is 11.7 Å². The van der Waals surface area contributed by atoms with Gasteiger partial charge in [0.2, 0.25) is 5.91 Å². The molecule has 1 unspecified atom stereocenters. The first-order valence-corrected chi connectivity index (χ1v) is 5.64. The molecule has 1 aliphatic rings. The van der Waals surface area contributed by atoms with Crippen LogP contribution in [-0.4, -0.2) is 31.2 Å². The van der Waals surface area contributed by atoms with Crippen molar-refractivity contribution in [1.29, 1.82) is 0 Å². The van der Waals surface area contributed by atoms with Crippen molar-refractivity contribution >= 4 is 5.91 Å². The van der Waals surface area contributed by atoms with Gasteiger partial charge in [0.25, 0.3) is 0 Å². The molecular weight excluding hydrogens is 192 g/mol. The van der Waals surface area contributed by atoms with Crippen LogP contribution in [0.15, 0.2) is 0 Å². The number of nitrogens with one attached hydrogen (secondary N) is 1. The number of hydrogen-bond donors (Lipinski definition) is 2. The van der Waals surface area contributed by atoms with Gasteiger partial charge in [-0.05, 0) is 32.2 Å². The predicted molar refractivity (Wildman–Crippen MR) is 59.4 cm³/mol. The Balaban J connectivity index is 2.35. The van der Waals surface area contributed by atoms with Gasteiger partial charge in [0.05, 0.1) is 0 Å². The van der Waals surface area contributed by atoms with E-state index in [1.807, 2.05) is 6.92 Å². The topological polar surface area (TPSA) is 64.4 Å². The summed E-state index contributed by atoms with van der Waals surface area (Å²) in [4.78, 5) is 11.7. The standard InChI is InChI=1S/C11H22N2O2/c1-9(8-12)7-10(14)13-11(2)3-5-15-6-4-11/h9H,3-8,12H2,1-2H3,(H,13,14). The molecule has 0 aromatic carbocycles. The van der Waals surface area contributed by atoms with Crippen LogP contribution in [0, 0.1) is 5.92 Å². The van der Waals surface area contributed by atoms with Crippen molar-refractivity contribution in [1.82, 2.24) is 5.32 Å². The monoisotopic (exact) mass is 214 g/mol. The van der Waals surface area contributed by atoms with Gasteiger partial charge in [-0.25, -0.2) is 0 Å². The van der Waals surface area contributed by atoms with Gasteiger partial charge >= 0.3 is 0 Å². The molecule has 1 atom stereocenters. The van der Waals surface area contributed by atoms with E-state index >= 15 is 0 Å². The van der Waals surface area contributed by atoms with Crippen LogP contribution in [0.25, 0.3) is 0 Å². The van der Waals surface area contributed by atoms with Crippen LogP contribution in [-0.2, 0) is 9.53 Å². The minimum atomic E-state index is -0.0797. The highest BCUT2D eigenvalue weighted by molar-refractivity contribution is 5.77. The molecule has 0 spiro atoms. The number of amides is 1. The molecule has 1 rings (SSSR count). The fraction of sp³-hybridized carbons (Fsp3) is 0.909. The largest absolute Gasteiger partial charge is 0.381 e. The number of rotatable bonds is 4. The van der Waals surface area contributed by atoms with Crippen LogP contribution in [0.5, 0.6) is 0 Å². The van der Waals surface area contributed by atoms with Crippen molar-refractivity contribution < 1.29 is 9.53 Å². The van der Waals surface area contributed by atoms with Crippen LogP contribution in [0.1, 0.15) is 33.1 Å². The molecule has 0 bridgehead atoms. The molecule has 1 saturated heterocycles. The van der Waals surface area contributed by atoms with E-state index in [0.717, 1.165) is 26.1 Å². The smallest absolute Gasteiger partial charge is 0.220 e. The molecule has 88 valence electrons. The first kappa shape index (κ1) is 12.5. The zero-order valence-corrected chi connectivity index (χ0v) is 9.71. The third-order valence-electron chi connectivity index (χ3n) is 2.97. The number of hydrogen-bond acceptors (Lipinski definition) is 3. The Hall–Kier alpha value is -0.610. The fourth-order valence-corrected chi connectivity index (χ4v) is 1.73. The van der Waals surface area contributed by atoms with Gasteiger partial charge in [-0.1, -0.05) is 6.92 Å². The number of nitrogens with two attached hydrogens (primary N) is 1. The average molecular weight is 214 g/mol. The highest BCUT2D eigenvalue weighted by Gasteiger charge is 2.28. The highest BCUT2D eigenvalue weighted by Crippen LogP contribution is 2.20. The zero-order chi connectivity index (χ0) is 11.3. The highest BCUT2D eigenvalue weighted by atomic mass is 16.5.